The van der Waals surface area contributed by atoms with Crippen molar-refractivity contribution in [1.29, 1.82) is 0 Å². The van der Waals surface area contributed by atoms with E-state index in [2.05, 4.69) is 0 Å². The molecule has 0 fully saturated rings. The average Bonchev–Trinajstić information content (AvgIpc) is 2.46. The lowest BCUT2D eigenvalue weighted by Gasteiger charge is -2.16. The lowest BCUT2D eigenvalue weighted by atomic mass is 9.95. The Morgan fingerprint density at radius 2 is 1.75 bits per heavy atom. The summed E-state index contributed by atoms with van der Waals surface area (Å²) >= 11 is 0. The van der Waals surface area contributed by atoms with Gasteiger partial charge >= 0.3 is 0 Å². The molecule has 106 valence electrons. The maximum Gasteiger partial charge on any atom is 0.130 e. The van der Waals surface area contributed by atoms with E-state index in [1.807, 2.05) is 19.1 Å². The molecular weight excluding hydrogens is 257 g/mol. The summed E-state index contributed by atoms with van der Waals surface area (Å²) in [5.74, 6) is 1.00. The van der Waals surface area contributed by atoms with Gasteiger partial charge in [-0.2, -0.15) is 0 Å². The van der Waals surface area contributed by atoms with Crippen LogP contribution in [0.25, 0.3) is 11.1 Å². The molecule has 0 aliphatic rings. The summed E-state index contributed by atoms with van der Waals surface area (Å²) in [5, 5.41) is 0. The van der Waals surface area contributed by atoms with Gasteiger partial charge in [0.2, 0.25) is 0 Å². The fourth-order valence-corrected chi connectivity index (χ4v) is 2.18. The zero-order chi connectivity index (χ0) is 14.7. The number of rotatable bonds is 4. The zero-order valence-corrected chi connectivity index (χ0v) is 11.8. The topological polar surface area (TPSA) is 44.5 Å². The second kappa shape index (κ2) is 5.92. The number of halogens is 1. The van der Waals surface area contributed by atoms with Crippen molar-refractivity contribution in [2.75, 3.05) is 14.2 Å². The number of benzene rings is 2. The second-order valence-electron chi connectivity index (χ2n) is 4.59. The highest BCUT2D eigenvalue weighted by Gasteiger charge is 2.14. The Morgan fingerprint density at radius 1 is 1.00 bits per heavy atom. The van der Waals surface area contributed by atoms with Crippen molar-refractivity contribution in [3.63, 3.8) is 0 Å². The highest BCUT2D eigenvalue weighted by molar-refractivity contribution is 5.75. The third-order valence-electron chi connectivity index (χ3n) is 3.20. The van der Waals surface area contributed by atoms with Crippen molar-refractivity contribution in [3.8, 4) is 22.6 Å². The Labute approximate surface area is 118 Å². The van der Waals surface area contributed by atoms with E-state index in [0.717, 1.165) is 16.7 Å². The number of hydrogen-bond acceptors (Lipinski definition) is 3. The monoisotopic (exact) mass is 275 g/mol. The van der Waals surface area contributed by atoms with E-state index in [-0.39, 0.29) is 11.9 Å². The molecule has 4 heteroatoms. The average molecular weight is 275 g/mol. The minimum absolute atomic E-state index is 0.197. The molecule has 2 aromatic rings. The maximum atomic E-state index is 13.6. The van der Waals surface area contributed by atoms with Gasteiger partial charge in [0, 0.05) is 17.7 Å². The van der Waals surface area contributed by atoms with Gasteiger partial charge in [-0.15, -0.1) is 0 Å². The highest BCUT2D eigenvalue weighted by atomic mass is 19.1. The molecule has 0 aliphatic carbocycles. The first-order chi connectivity index (χ1) is 9.56. The van der Waals surface area contributed by atoms with E-state index >= 15 is 0 Å². The summed E-state index contributed by atoms with van der Waals surface area (Å²) in [6, 6.07) is 9.83. The van der Waals surface area contributed by atoms with E-state index in [0.29, 0.717) is 11.5 Å². The second-order valence-corrected chi connectivity index (χ2v) is 4.59. The molecule has 1 unspecified atom stereocenters. The fourth-order valence-electron chi connectivity index (χ4n) is 2.18. The Bertz CT molecular complexity index is 611. The molecule has 0 bridgehead atoms. The zero-order valence-electron chi connectivity index (χ0n) is 11.8. The standard InChI is InChI=1S/C16H18FNO2/c1-10(18)13-6-4-11(17)8-15(13)14-7-5-12(19-2)9-16(14)20-3/h4-10H,18H2,1-3H3. The van der Waals surface area contributed by atoms with Crippen molar-refractivity contribution in [2.45, 2.75) is 13.0 Å². The first-order valence-corrected chi connectivity index (χ1v) is 6.34. The van der Waals surface area contributed by atoms with Crippen LogP contribution >= 0.6 is 0 Å². The summed E-state index contributed by atoms with van der Waals surface area (Å²) in [7, 11) is 3.16. The molecule has 0 aliphatic heterocycles. The van der Waals surface area contributed by atoms with Crippen molar-refractivity contribution in [2.24, 2.45) is 5.73 Å². The largest absolute Gasteiger partial charge is 0.497 e. The number of nitrogens with two attached hydrogens (primary N) is 1. The predicted molar refractivity (Wildman–Crippen MR) is 77.5 cm³/mol. The molecule has 0 heterocycles. The van der Waals surface area contributed by atoms with Gasteiger partial charge in [0.05, 0.1) is 14.2 Å². The molecule has 20 heavy (non-hydrogen) atoms. The molecule has 1 atom stereocenters. The van der Waals surface area contributed by atoms with Gasteiger partial charge in [0.25, 0.3) is 0 Å². The van der Waals surface area contributed by atoms with E-state index in [1.165, 1.54) is 12.1 Å². The molecule has 2 N–H and O–H groups in total. The van der Waals surface area contributed by atoms with E-state index < -0.39 is 0 Å². The maximum absolute atomic E-state index is 13.6. The molecule has 0 aromatic heterocycles. The van der Waals surface area contributed by atoms with E-state index in [4.69, 9.17) is 15.2 Å². The molecule has 0 radical (unpaired) electrons. The Morgan fingerprint density at radius 3 is 2.35 bits per heavy atom. The van der Waals surface area contributed by atoms with Crippen molar-refractivity contribution >= 4 is 0 Å². The number of hydrogen-bond donors (Lipinski definition) is 1. The SMILES string of the molecule is COc1ccc(-c2cc(F)ccc2C(C)N)c(OC)c1. The predicted octanol–water partition coefficient (Wildman–Crippen LogP) is 3.53. The molecule has 2 aromatic carbocycles. The highest BCUT2D eigenvalue weighted by Crippen LogP contribution is 2.37. The molecule has 0 spiro atoms. The first-order valence-electron chi connectivity index (χ1n) is 6.34. The first kappa shape index (κ1) is 14.3. The molecule has 3 nitrogen and oxygen atoms in total. The van der Waals surface area contributed by atoms with Crippen LogP contribution in [0.4, 0.5) is 4.39 Å². The van der Waals surface area contributed by atoms with Gasteiger partial charge in [-0.25, -0.2) is 4.39 Å². The van der Waals surface area contributed by atoms with Gasteiger partial charge in [-0.05, 0) is 42.3 Å². The Kier molecular flexibility index (Phi) is 4.25. The van der Waals surface area contributed by atoms with Crippen molar-refractivity contribution < 1.29 is 13.9 Å². The van der Waals surface area contributed by atoms with Crippen LogP contribution in [0.1, 0.15) is 18.5 Å². The fraction of sp³-hybridized carbons (Fsp3) is 0.250. The van der Waals surface area contributed by atoms with Crippen molar-refractivity contribution in [1.82, 2.24) is 0 Å². The van der Waals surface area contributed by atoms with Gasteiger partial charge < -0.3 is 15.2 Å². The third kappa shape index (κ3) is 2.75. The van der Waals surface area contributed by atoms with Crippen LogP contribution in [0.2, 0.25) is 0 Å². The van der Waals surface area contributed by atoms with Crippen LogP contribution in [0.5, 0.6) is 11.5 Å². The minimum atomic E-state index is -0.303. The van der Waals surface area contributed by atoms with E-state index in [1.54, 1.807) is 26.4 Å². The lowest BCUT2D eigenvalue weighted by molar-refractivity contribution is 0.395. The Balaban J connectivity index is 2.64. The van der Waals surface area contributed by atoms with Gasteiger partial charge in [-0.3, -0.25) is 0 Å². The van der Waals surface area contributed by atoms with Crippen LogP contribution in [0.15, 0.2) is 36.4 Å². The molecule has 0 saturated carbocycles. The van der Waals surface area contributed by atoms with Crippen LogP contribution in [0.3, 0.4) is 0 Å². The molecule has 2 rings (SSSR count). The number of ether oxygens (including phenoxy) is 2. The quantitative estimate of drug-likeness (QED) is 0.928. The molecule has 0 saturated heterocycles. The molecular formula is C16H18FNO2. The van der Waals surface area contributed by atoms with Crippen molar-refractivity contribution in [3.05, 3.63) is 47.8 Å². The lowest BCUT2D eigenvalue weighted by Crippen LogP contribution is -2.07. The summed E-state index contributed by atoms with van der Waals surface area (Å²) in [4.78, 5) is 0. The summed E-state index contributed by atoms with van der Waals surface area (Å²) < 4.78 is 24.1. The number of methoxy groups -OCH3 is 2. The molecule has 0 amide bonds. The smallest absolute Gasteiger partial charge is 0.130 e. The third-order valence-corrected chi connectivity index (χ3v) is 3.20. The van der Waals surface area contributed by atoms with Crippen LogP contribution < -0.4 is 15.2 Å². The summed E-state index contributed by atoms with van der Waals surface area (Å²) in [6.45, 7) is 1.87. The van der Waals surface area contributed by atoms with E-state index in [9.17, 15) is 4.39 Å². The minimum Gasteiger partial charge on any atom is -0.497 e. The summed E-state index contributed by atoms with van der Waals surface area (Å²) in [5.41, 5.74) is 8.36. The van der Waals surface area contributed by atoms with Gasteiger partial charge in [0.1, 0.15) is 17.3 Å². The van der Waals surface area contributed by atoms with Crippen LogP contribution in [-0.2, 0) is 0 Å². The summed E-state index contributed by atoms with van der Waals surface area (Å²) in [6.07, 6.45) is 0. The van der Waals surface area contributed by atoms with Gasteiger partial charge in [-0.1, -0.05) is 6.07 Å². The Hall–Kier alpha value is -2.07. The van der Waals surface area contributed by atoms with Crippen LogP contribution in [0, 0.1) is 5.82 Å². The normalized spacial score (nSPS) is 12.1. The van der Waals surface area contributed by atoms with Crippen LogP contribution in [-0.4, -0.2) is 14.2 Å². The van der Waals surface area contributed by atoms with Gasteiger partial charge in [0.15, 0.2) is 0 Å².